The summed E-state index contributed by atoms with van der Waals surface area (Å²) < 4.78 is 85.9. The van der Waals surface area contributed by atoms with E-state index in [1.807, 2.05) is 67.8 Å². The summed E-state index contributed by atoms with van der Waals surface area (Å²) in [4.78, 5) is 91.7. The summed E-state index contributed by atoms with van der Waals surface area (Å²) in [5.74, 6) is -3.19. The highest BCUT2D eigenvalue weighted by molar-refractivity contribution is 8.13. The van der Waals surface area contributed by atoms with Gasteiger partial charge in [-0.05, 0) is 134 Å². The smallest absolute Gasteiger partial charge is 0.339 e. The molecule has 0 amide bonds. The van der Waals surface area contributed by atoms with E-state index in [1.165, 1.54) is 69.9 Å². The Kier molecular flexibility index (Phi) is 35.7. The molecule has 0 saturated carbocycles. The zero-order chi connectivity index (χ0) is 83.4. The van der Waals surface area contributed by atoms with Crippen LogP contribution in [-0.2, 0) is 43.3 Å². The van der Waals surface area contributed by atoms with Crippen molar-refractivity contribution in [1.82, 2.24) is 19.9 Å². The number of aryl methyl sites for hydroxylation is 1. The first kappa shape index (κ1) is 92.2. The number of carboxylic acids is 1. The molecule has 38 heteroatoms. The van der Waals surface area contributed by atoms with Crippen LogP contribution in [0.1, 0.15) is 103 Å². The summed E-state index contributed by atoms with van der Waals surface area (Å²) in [5.41, 5.74) is 13.0. The number of sulfonamides is 2. The van der Waals surface area contributed by atoms with E-state index in [4.69, 9.17) is 91.1 Å². The predicted molar refractivity (Wildman–Crippen MR) is 438 cm³/mol. The second-order valence-electron chi connectivity index (χ2n) is 22.9. The number of carbonyl (C=O) groups is 5. The van der Waals surface area contributed by atoms with Crippen LogP contribution in [0.25, 0.3) is 44.3 Å². The van der Waals surface area contributed by atoms with E-state index < -0.39 is 68.5 Å². The second-order valence-corrected chi connectivity index (χ2v) is 31.8. The highest BCUT2D eigenvalue weighted by atomic mass is 35.7. The number of ketones is 1. The number of fused-ring (bicyclic) bond motifs is 2. The van der Waals surface area contributed by atoms with Crippen LogP contribution in [0.2, 0.25) is 30.1 Å². The van der Waals surface area contributed by atoms with Gasteiger partial charge in [-0.25, -0.2) is 54.4 Å². The minimum Gasteiger partial charge on any atom is -0.478 e. The lowest BCUT2D eigenvalue weighted by Crippen LogP contribution is -2.17. The fourth-order valence-electron chi connectivity index (χ4n) is 9.49. The Hall–Kier alpha value is -10.5. The van der Waals surface area contributed by atoms with Gasteiger partial charge in [0.15, 0.2) is 5.78 Å². The summed E-state index contributed by atoms with van der Waals surface area (Å²) in [6.07, 6.45) is 8.72. The quantitative estimate of drug-likeness (QED) is 0.00785. The molecule has 0 bridgehead atoms. The molecule has 0 radical (unpaired) electrons. The lowest BCUT2D eigenvalue weighted by molar-refractivity contribution is -0.384. The number of esters is 3. The third-order valence-electron chi connectivity index (χ3n) is 14.8. The number of nitrogens with zero attached hydrogens (tertiary/aromatic N) is 4. The molecule has 0 aliphatic carbocycles. The van der Waals surface area contributed by atoms with Gasteiger partial charge in [-0.2, -0.15) is 0 Å². The normalized spacial score (nSPS) is 10.7. The van der Waals surface area contributed by atoms with Crippen LogP contribution < -0.4 is 15.2 Å². The van der Waals surface area contributed by atoms with Gasteiger partial charge < -0.3 is 35.0 Å². The van der Waals surface area contributed by atoms with Gasteiger partial charge >= 0.3 is 23.9 Å². The summed E-state index contributed by atoms with van der Waals surface area (Å²) >= 11 is 34.7. The number of nitrogens with two attached hydrogens (primary N) is 1. The third-order valence-corrected chi connectivity index (χ3v) is 21.2. The number of nitrogens with one attached hydrogen (secondary N) is 4. The number of benzene rings is 7. The van der Waals surface area contributed by atoms with Crippen LogP contribution in [0.5, 0.6) is 0 Å². The zero-order valence-corrected chi connectivity index (χ0v) is 67.8. The number of nitro groups is 2. The molecular formula is C74H70Cl7N9O19S3. The number of aromatic amines is 2. The third kappa shape index (κ3) is 27.5. The molecule has 4 aromatic heterocycles. The van der Waals surface area contributed by atoms with Crippen molar-refractivity contribution in [3.63, 3.8) is 0 Å². The summed E-state index contributed by atoms with van der Waals surface area (Å²) in [6, 6.07) is 43.1. The van der Waals surface area contributed by atoms with E-state index in [0.29, 0.717) is 63.4 Å². The molecule has 11 rings (SSSR count). The van der Waals surface area contributed by atoms with Crippen LogP contribution in [-0.4, -0.2) is 128 Å². The molecule has 7 aromatic carbocycles. The first-order valence-electron chi connectivity index (χ1n) is 32.5. The molecule has 11 aromatic rings. The standard InChI is InChI=1S/C24H22ClN3O3S.C13H9ClN2.C11H14ClNO4S.C8H6ClNO4.C8H8ClNO2.C7H4ClNO4.C3H7ClO2S/c1-3-10-32(30,31)28-19-9-4-15(2)20(12-19)23(29)22-14-27-24-21(22)11-17(13-26-24)16-5-7-18(25)8-6-16;14-12-3-1-9(2-4-12)11-7-10-5-6-15-13(10)16-8-11;1-3-7-18(15,16)13-9-6-4-5-8(10(9)12)11(14)17-2;1-14-8(11)5-3-2-4-6(7(5)9)10(12)13;1-12-8(11)5-3-2-4-6(10)7(5)9;8-6-4(7(10)11)2-1-3-5(6)9(12)13;1-2-3-7(4,5)6/h4-9,11-14,28H,3,10H2,1-2H3,(H,26,27);1-8H,(H,15,16);4-6,13H,3,7H2,1-2H3;2-4H,1H3;2-4H,10H2,1H3;1-3H,(H,10,11);2-3H2,1H3. The van der Waals surface area contributed by atoms with Crippen molar-refractivity contribution in [2.24, 2.45) is 0 Å². The number of H-pyrrole nitrogens is 2. The Labute approximate surface area is 677 Å². The summed E-state index contributed by atoms with van der Waals surface area (Å²) in [5, 5.41) is 32.3. The van der Waals surface area contributed by atoms with E-state index in [0.717, 1.165) is 49.9 Å². The Morgan fingerprint density at radius 3 is 1.43 bits per heavy atom. The fourth-order valence-corrected chi connectivity index (χ4v) is 14.0. The Bertz CT molecular complexity index is 5540. The number of hydrogen-bond donors (Lipinski definition) is 6. The van der Waals surface area contributed by atoms with Gasteiger partial charge in [0.25, 0.3) is 11.4 Å². The number of carbonyl (C=O) groups excluding carboxylic acids is 4. The number of halogens is 7. The van der Waals surface area contributed by atoms with Crippen molar-refractivity contribution < 1.29 is 78.4 Å². The number of carboxylic acid groups (broad SMARTS) is 1. The number of hydrogen-bond acceptors (Lipinski definition) is 21. The fraction of sp³-hybridized carbons (Fsp3) is 0.176. The molecule has 0 atom stereocenters. The molecule has 0 fully saturated rings. The number of ether oxygens (including phenoxy) is 3. The first-order valence-corrected chi connectivity index (χ1v) is 40.6. The summed E-state index contributed by atoms with van der Waals surface area (Å²) in [6.45, 7) is 7.14. The molecule has 592 valence electrons. The molecule has 28 nitrogen and oxygen atoms in total. The minimum absolute atomic E-state index is 0.00815. The highest BCUT2D eigenvalue weighted by Crippen LogP contribution is 2.33. The number of aromatic carboxylic acids is 1. The molecule has 0 unspecified atom stereocenters. The van der Waals surface area contributed by atoms with Crippen molar-refractivity contribution in [3.05, 3.63) is 272 Å². The van der Waals surface area contributed by atoms with Crippen molar-refractivity contribution in [3.8, 4) is 22.3 Å². The maximum absolute atomic E-state index is 13.4. The molecular weight excluding hydrogens is 1660 g/mol. The maximum atomic E-state index is 13.4. The van der Waals surface area contributed by atoms with Gasteiger partial charge in [-0.1, -0.05) is 145 Å². The number of nitrogen functional groups attached to an aromatic ring is 1. The van der Waals surface area contributed by atoms with E-state index in [2.05, 4.69) is 49.7 Å². The van der Waals surface area contributed by atoms with Gasteiger partial charge in [0.2, 0.25) is 29.1 Å². The van der Waals surface area contributed by atoms with Crippen LogP contribution in [0.15, 0.2) is 183 Å². The number of anilines is 3. The van der Waals surface area contributed by atoms with Gasteiger partial charge in [-0.3, -0.25) is 34.5 Å². The lowest BCUT2D eigenvalue weighted by Gasteiger charge is -2.11. The molecule has 0 aliphatic rings. The molecule has 0 spiro atoms. The highest BCUT2D eigenvalue weighted by Gasteiger charge is 2.24. The monoisotopic (exact) mass is 1730 g/mol. The molecule has 4 heterocycles. The zero-order valence-electron chi connectivity index (χ0n) is 60.1. The van der Waals surface area contributed by atoms with E-state index in [9.17, 15) is 69.5 Å². The Balaban J connectivity index is 0.000000245. The van der Waals surface area contributed by atoms with Crippen LogP contribution >= 0.6 is 80.3 Å². The van der Waals surface area contributed by atoms with E-state index >= 15 is 0 Å². The first-order chi connectivity index (χ1) is 52.8. The molecule has 0 saturated heterocycles. The van der Waals surface area contributed by atoms with Crippen molar-refractivity contribution >= 4 is 190 Å². The van der Waals surface area contributed by atoms with Gasteiger partial charge in [0.1, 0.15) is 21.3 Å². The largest absolute Gasteiger partial charge is 0.478 e. The van der Waals surface area contributed by atoms with Crippen molar-refractivity contribution in [2.45, 2.75) is 47.0 Å². The van der Waals surface area contributed by atoms with Crippen molar-refractivity contribution in [1.29, 1.82) is 0 Å². The molecule has 112 heavy (non-hydrogen) atoms. The topological polar surface area (TPSA) is 429 Å². The second kappa shape index (κ2) is 43.4. The van der Waals surface area contributed by atoms with Crippen LogP contribution in [0, 0.1) is 27.2 Å². The average molecular weight is 1730 g/mol. The summed E-state index contributed by atoms with van der Waals surface area (Å²) in [7, 11) is -1.59. The number of rotatable bonds is 20. The average Bonchev–Trinajstić information content (AvgIpc) is 1.56. The lowest BCUT2D eigenvalue weighted by atomic mass is 9.97. The van der Waals surface area contributed by atoms with Crippen molar-refractivity contribution in [2.75, 3.05) is 53.8 Å². The minimum atomic E-state index is -3.45. The molecule has 7 N–H and O–H groups in total. The molecule has 0 aliphatic heterocycles. The SMILES string of the molecule is CCCS(=O)(=O)Cl.CCCS(=O)(=O)Nc1ccc(C)c(C(=O)c2c[nH]c3ncc(-c4ccc(Cl)cc4)cc23)c1.CCCS(=O)(=O)Nc1cccc(C(=O)OC)c1Cl.COC(=O)c1cccc(N)c1Cl.COC(=O)c1cccc([N+](=O)[O-])c1Cl.Clc1ccc(-c2cnc3[nH]ccc3c2)cc1.O=C(O)c1cccc([N+](=O)[O-])c1Cl. The van der Waals surface area contributed by atoms with Crippen LogP contribution in [0.3, 0.4) is 0 Å². The van der Waals surface area contributed by atoms with E-state index in [1.54, 1.807) is 81.7 Å². The maximum Gasteiger partial charge on any atom is 0.339 e. The number of methoxy groups -OCH3 is 3. The van der Waals surface area contributed by atoms with Gasteiger partial charge in [0, 0.05) is 96.4 Å². The number of aromatic nitrogens is 4. The van der Waals surface area contributed by atoms with E-state index in [-0.39, 0.29) is 71.2 Å². The Morgan fingerprint density at radius 2 is 0.955 bits per heavy atom. The predicted octanol–water partition coefficient (Wildman–Crippen LogP) is 18.4. The van der Waals surface area contributed by atoms with Gasteiger partial charge in [0.05, 0.1) is 92.1 Å². The number of nitro benzene ring substituents is 2. The van der Waals surface area contributed by atoms with Gasteiger partial charge in [-0.15, -0.1) is 0 Å². The number of pyridine rings is 2. The van der Waals surface area contributed by atoms with Crippen LogP contribution in [0.4, 0.5) is 28.4 Å². The Morgan fingerprint density at radius 1 is 0.509 bits per heavy atom.